The van der Waals surface area contributed by atoms with Crippen molar-refractivity contribution in [1.29, 1.82) is 0 Å². The lowest BCUT2D eigenvalue weighted by Gasteiger charge is -2.21. The van der Waals surface area contributed by atoms with E-state index < -0.39 is 71.2 Å². The number of nitrogens with one attached hydrogen (secondary N) is 1. The zero-order valence-corrected chi connectivity index (χ0v) is 16.5. The van der Waals surface area contributed by atoms with Crippen LogP contribution in [0.3, 0.4) is 0 Å². The topological polar surface area (TPSA) is 127 Å². The number of hydrogen-bond donors (Lipinski definition) is 3. The van der Waals surface area contributed by atoms with Gasteiger partial charge in [0.25, 0.3) is 0 Å². The van der Waals surface area contributed by atoms with Crippen molar-refractivity contribution in [3.05, 3.63) is 52.8 Å². The summed E-state index contributed by atoms with van der Waals surface area (Å²) < 4.78 is 92.0. The first kappa shape index (κ1) is 21.6. The predicted molar refractivity (Wildman–Crippen MR) is 98.0 cm³/mol. The molecule has 4 N–H and O–H groups in total. The van der Waals surface area contributed by atoms with E-state index in [1.165, 1.54) is 0 Å². The third-order valence-electron chi connectivity index (χ3n) is 4.64. The van der Waals surface area contributed by atoms with Gasteiger partial charge in [0.05, 0.1) is 24.1 Å². The molecule has 0 radical (unpaired) electrons. The van der Waals surface area contributed by atoms with Gasteiger partial charge in [0, 0.05) is 0 Å². The van der Waals surface area contributed by atoms with Crippen LogP contribution in [0.5, 0.6) is 0 Å². The highest BCUT2D eigenvalue weighted by atomic mass is 32.2. The van der Waals surface area contributed by atoms with Gasteiger partial charge >= 0.3 is 0 Å². The van der Waals surface area contributed by atoms with E-state index in [9.17, 15) is 25.6 Å². The molecule has 0 heterocycles. The average molecular weight is 450 g/mol. The number of sulfonamides is 1. The number of rotatable bonds is 6. The van der Waals surface area contributed by atoms with Crippen molar-refractivity contribution >= 4 is 25.5 Å². The molecule has 3 rings (SSSR count). The number of benzene rings is 2. The van der Waals surface area contributed by atoms with Crippen molar-refractivity contribution < 1.29 is 35.1 Å². The van der Waals surface area contributed by atoms with Crippen molar-refractivity contribution in [3.63, 3.8) is 0 Å². The predicted octanol–water partition coefficient (Wildman–Crippen LogP) is 1.62. The van der Waals surface area contributed by atoms with Gasteiger partial charge in [-0.15, -0.1) is 0 Å². The summed E-state index contributed by atoms with van der Waals surface area (Å²) in [5.41, 5.74) is 0.529. The van der Waals surface area contributed by atoms with Crippen LogP contribution in [0.4, 0.5) is 18.9 Å². The second kappa shape index (κ2) is 7.59. The van der Waals surface area contributed by atoms with Crippen LogP contribution in [0.15, 0.2) is 34.1 Å². The van der Waals surface area contributed by atoms with Gasteiger partial charge in [0.1, 0.15) is 4.90 Å². The molecule has 158 valence electrons. The number of aliphatic hydroxyl groups excluding tert-OH is 1. The molecule has 2 aromatic carbocycles. The fourth-order valence-electron chi connectivity index (χ4n) is 3.39. The molecule has 0 aliphatic heterocycles. The van der Waals surface area contributed by atoms with E-state index in [-0.39, 0.29) is 0 Å². The lowest BCUT2D eigenvalue weighted by molar-refractivity contribution is 0.319. The van der Waals surface area contributed by atoms with Crippen LogP contribution in [0, 0.1) is 17.5 Å². The van der Waals surface area contributed by atoms with Gasteiger partial charge in [-0.25, -0.2) is 35.1 Å². The summed E-state index contributed by atoms with van der Waals surface area (Å²) in [6.45, 7) is -0.937. The molecular formula is C17H17F3N2O5S2. The molecule has 29 heavy (non-hydrogen) atoms. The van der Waals surface area contributed by atoms with Crippen LogP contribution in [0.1, 0.15) is 23.6 Å². The molecule has 12 heteroatoms. The van der Waals surface area contributed by atoms with Crippen LogP contribution in [-0.2, 0) is 26.3 Å². The quantitative estimate of drug-likeness (QED) is 0.574. The Balaban J connectivity index is 2.28. The Kier molecular flexibility index (Phi) is 5.64. The number of aryl methyl sites for hydroxylation is 1. The second-order valence-electron chi connectivity index (χ2n) is 6.50. The molecule has 0 bridgehead atoms. The SMILES string of the molecule is NS(=O)(=O)c1c(F)c(F)c(S(=O)(=O)CCO)c(N[C@H]2CCc3ccccc32)c1F. The van der Waals surface area contributed by atoms with Crippen molar-refractivity contribution in [1.82, 2.24) is 0 Å². The number of hydrogen-bond acceptors (Lipinski definition) is 6. The highest BCUT2D eigenvalue weighted by Gasteiger charge is 2.37. The standard InChI is InChI=1S/C17H17F3N2O5S2/c18-12-13(19)17(28(24,25)8-7-23)15(14(20)16(12)29(21,26)27)22-11-6-5-9-3-1-2-4-10(9)11/h1-4,11,22-23H,5-8H2,(H2,21,26,27)/t11-/m0/s1. The highest BCUT2D eigenvalue weighted by molar-refractivity contribution is 7.91. The zero-order valence-electron chi connectivity index (χ0n) is 14.8. The number of fused-ring (bicyclic) bond motifs is 1. The Bertz CT molecular complexity index is 1180. The first-order valence-electron chi connectivity index (χ1n) is 8.40. The van der Waals surface area contributed by atoms with Crippen LogP contribution in [-0.4, -0.2) is 34.3 Å². The number of aliphatic hydroxyl groups is 1. The van der Waals surface area contributed by atoms with Gasteiger partial charge in [-0.3, -0.25) is 0 Å². The molecule has 0 fully saturated rings. The lowest BCUT2D eigenvalue weighted by atomic mass is 10.1. The molecule has 0 spiro atoms. The molecule has 2 aromatic rings. The largest absolute Gasteiger partial charge is 0.395 e. The molecular weight excluding hydrogens is 433 g/mol. The number of anilines is 1. The highest BCUT2D eigenvalue weighted by Crippen LogP contribution is 2.40. The summed E-state index contributed by atoms with van der Waals surface area (Å²) in [7, 11) is -9.75. The summed E-state index contributed by atoms with van der Waals surface area (Å²) in [6, 6.07) is 6.29. The first-order chi connectivity index (χ1) is 13.5. The van der Waals surface area contributed by atoms with E-state index in [0.29, 0.717) is 18.4 Å². The summed E-state index contributed by atoms with van der Waals surface area (Å²) in [5, 5.41) is 16.3. The molecule has 0 unspecified atom stereocenters. The number of sulfone groups is 1. The van der Waals surface area contributed by atoms with E-state index in [0.717, 1.165) is 5.56 Å². The minimum atomic E-state index is -5.05. The van der Waals surface area contributed by atoms with E-state index in [2.05, 4.69) is 5.32 Å². The molecule has 0 amide bonds. The molecule has 0 saturated carbocycles. The van der Waals surface area contributed by atoms with E-state index >= 15 is 4.39 Å². The van der Waals surface area contributed by atoms with Gasteiger partial charge in [-0.2, -0.15) is 0 Å². The molecule has 1 aliphatic rings. The van der Waals surface area contributed by atoms with E-state index in [1.807, 2.05) is 0 Å². The van der Waals surface area contributed by atoms with Crippen molar-refractivity contribution in [2.45, 2.75) is 28.7 Å². The first-order valence-corrected chi connectivity index (χ1v) is 11.6. The Hall–Kier alpha value is -2.15. The maximum atomic E-state index is 15.0. The molecule has 0 saturated heterocycles. The monoisotopic (exact) mass is 450 g/mol. The van der Waals surface area contributed by atoms with E-state index in [4.69, 9.17) is 10.2 Å². The molecule has 1 aliphatic carbocycles. The van der Waals surface area contributed by atoms with Gasteiger partial charge in [-0.1, -0.05) is 24.3 Å². The molecule has 7 nitrogen and oxygen atoms in total. The Morgan fingerprint density at radius 2 is 1.66 bits per heavy atom. The van der Waals surface area contributed by atoms with Crippen molar-refractivity contribution in [2.24, 2.45) is 5.14 Å². The van der Waals surface area contributed by atoms with Crippen molar-refractivity contribution in [2.75, 3.05) is 17.7 Å². The third kappa shape index (κ3) is 3.84. The van der Waals surface area contributed by atoms with Crippen LogP contribution >= 0.6 is 0 Å². The van der Waals surface area contributed by atoms with Crippen LogP contribution < -0.4 is 10.5 Å². The zero-order chi connectivity index (χ0) is 21.6. The van der Waals surface area contributed by atoms with Gasteiger partial charge in [-0.05, 0) is 24.0 Å². The Morgan fingerprint density at radius 1 is 1.03 bits per heavy atom. The second-order valence-corrected chi connectivity index (χ2v) is 10.0. The number of halogens is 3. The summed E-state index contributed by atoms with van der Waals surface area (Å²) in [6.07, 6.45) is 0.932. The van der Waals surface area contributed by atoms with Gasteiger partial charge < -0.3 is 10.4 Å². The molecule has 0 aromatic heterocycles. The van der Waals surface area contributed by atoms with E-state index in [1.54, 1.807) is 24.3 Å². The molecule has 1 atom stereocenters. The van der Waals surface area contributed by atoms with Crippen LogP contribution in [0.25, 0.3) is 0 Å². The fraction of sp³-hybridized carbons (Fsp3) is 0.294. The fourth-order valence-corrected chi connectivity index (χ4v) is 5.35. The van der Waals surface area contributed by atoms with Crippen molar-refractivity contribution in [3.8, 4) is 0 Å². The maximum Gasteiger partial charge on any atom is 0.244 e. The number of primary sulfonamides is 1. The Morgan fingerprint density at radius 3 is 2.28 bits per heavy atom. The smallest absolute Gasteiger partial charge is 0.244 e. The Labute approximate surface area is 165 Å². The lowest BCUT2D eigenvalue weighted by Crippen LogP contribution is -2.23. The van der Waals surface area contributed by atoms with Gasteiger partial charge in [0.2, 0.25) is 10.0 Å². The number of nitrogens with two attached hydrogens (primary N) is 1. The average Bonchev–Trinajstić information content (AvgIpc) is 3.01. The summed E-state index contributed by atoms with van der Waals surface area (Å²) >= 11 is 0. The van der Waals surface area contributed by atoms with Crippen LogP contribution in [0.2, 0.25) is 0 Å². The maximum absolute atomic E-state index is 15.0. The normalized spacial score (nSPS) is 16.7. The third-order valence-corrected chi connectivity index (χ3v) is 7.30. The summed E-state index contributed by atoms with van der Waals surface area (Å²) in [5.74, 6) is -7.18. The van der Waals surface area contributed by atoms with Gasteiger partial charge in [0.15, 0.2) is 32.2 Å². The minimum Gasteiger partial charge on any atom is -0.395 e. The minimum absolute atomic E-state index is 0.377. The summed E-state index contributed by atoms with van der Waals surface area (Å²) in [4.78, 5) is -3.16.